The van der Waals surface area contributed by atoms with Crippen molar-refractivity contribution in [3.63, 3.8) is 0 Å². The molecule has 2 nitrogen and oxygen atoms in total. The van der Waals surface area contributed by atoms with Gasteiger partial charge in [0, 0.05) is 12.5 Å². The lowest BCUT2D eigenvalue weighted by atomic mass is 9.72. The zero-order chi connectivity index (χ0) is 12.4. The molecule has 18 heavy (non-hydrogen) atoms. The van der Waals surface area contributed by atoms with Gasteiger partial charge < -0.3 is 4.74 Å². The van der Waals surface area contributed by atoms with Crippen molar-refractivity contribution >= 4 is 0 Å². The van der Waals surface area contributed by atoms with Gasteiger partial charge in [0.15, 0.2) is 0 Å². The molecule has 0 amide bonds. The highest BCUT2D eigenvalue weighted by Crippen LogP contribution is 2.45. The summed E-state index contributed by atoms with van der Waals surface area (Å²) in [6, 6.07) is 10.9. The van der Waals surface area contributed by atoms with Crippen LogP contribution in [0, 0.1) is 0 Å². The average molecular weight is 245 g/mol. The molecule has 0 radical (unpaired) electrons. The van der Waals surface area contributed by atoms with Crippen LogP contribution < -0.4 is 0 Å². The first kappa shape index (κ1) is 12.2. The van der Waals surface area contributed by atoms with Gasteiger partial charge in [-0.15, -0.1) is 0 Å². The Morgan fingerprint density at radius 1 is 1.11 bits per heavy atom. The summed E-state index contributed by atoms with van der Waals surface area (Å²) >= 11 is 0. The first-order chi connectivity index (χ1) is 8.80. The molecule has 0 N–H and O–H groups in total. The summed E-state index contributed by atoms with van der Waals surface area (Å²) in [4.78, 5) is 2.30. The van der Waals surface area contributed by atoms with Crippen LogP contribution in [0.5, 0.6) is 0 Å². The third kappa shape index (κ3) is 2.19. The third-order valence-corrected chi connectivity index (χ3v) is 4.60. The molecule has 2 heteroatoms. The normalized spacial score (nSPS) is 28.4. The molecule has 1 heterocycles. The quantitative estimate of drug-likeness (QED) is 0.752. The van der Waals surface area contributed by atoms with Gasteiger partial charge in [0.05, 0.1) is 12.3 Å². The van der Waals surface area contributed by atoms with Gasteiger partial charge in [-0.1, -0.05) is 49.6 Å². The Labute approximate surface area is 110 Å². The van der Waals surface area contributed by atoms with Crippen molar-refractivity contribution < 1.29 is 4.74 Å². The van der Waals surface area contributed by atoms with E-state index >= 15 is 0 Å². The summed E-state index contributed by atoms with van der Waals surface area (Å²) in [6.45, 7) is 1.92. The van der Waals surface area contributed by atoms with Gasteiger partial charge in [0.25, 0.3) is 0 Å². The van der Waals surface area contributed by atoms with Crippen molar-refractivity contribution in [2.45, 2.75) is 43.6 Å². The molecule has 1 unspecified atom stereocenters. The Kier molecular flexibility index (Phi) is 3.40. The fourth-order valence-electron chi connectivity index (χ4n) is 3.61. The maximum atomic E-state index is 6.31. The lowest BCUT2D eigenvalue weighted by Crippen LogP contribution is -2.52. The highest BCUT2D eigenvalue weighted by atomic mass is 16.5. The molecule has 0 bridgehead atoms. The van der Waals surface area contributed by atoms with E-state index in [2.05, 4.69) is 42.3 Å². The van der Waals surface area contributed by atoms with Crippen LogP contribution in [0.15, 0.2) is 30.3 Å². The van der Waals surface area contributed by atoms with E-state index in [4.69, 9.17) is 4.74 Å². The summed E-state index contributed by atoms with van der Waals surface area (Å²) in [5.74, 6) is 0.540. The second-order valence-corrected chi connectivity index (χ2v) is 5.90. The maximum absolute atomic E-state index is 6.31. The molecule has 2 fully saturated rings. The highest BCUT2D eigenvalue weighted by molar-refractivity contribution is 5.24. The van der Waals surface area contributed by atoms with Gasteiger partial charge in [0.2, 0.25) is 0 Å². The summed E-state index contributed by atoms with van der Waals surface area (Å²) in [7, 11) is 2.16. The van der Waals surface area contributed by atoms with Gasteiger partial charge in [-0.2, -0.15) is 0 Å². The summed E-state index contributed by atoms with van der Waals surface area (Å²) < 4.78 is 6.31. The van der Waals surface area contributed by atoms with E-state index in [1.54, 1.807) is 0 Å². The van der Waals surface area contributed by atoms with Crippen molar-refractivity contribution in [1.82, 2.24) is 4.90 Å². The van der Waals surface area contributed by atoms with E-state index in [1.165, 1.54) is 37.7 Å². The van der Waals surface area contributed by atoms with Gasteiger partial charge in [-0.25, -0.2) is 0 Å². The van der Waals surface area contributed by atoms with Crippen LogP contribution >= 0.6 is 0 Å². The molecule has 1 saturated carbocycles. The predicted molar refractivity (Wildman–Crippen MR) is 73.6 cm³/mol. The molecular formula is C16H23NO. The minimum absolute atomic E-state index is 0.117. The lowest BCUT2D eigenvalue weighted by Gasteiger charge is -2.49. The molecule has 2 aliphatic rings. The highest BCUT2D eigenvalue weighted by Gasteiger charge is 2.44. The Balaban J connectivity index is 1.91. The summed E-state index contributed by atoms with van der Waals surface area (Å²) in [6.07, 6.45) is 6.50. The zero-order valence-corrected chi connectivity index (χ0v) is 11.3. The number of hydrogen-bond acceptors (Lipinski definition) is 2. The first-order valence-electron chi connectivity index (χ1n) is 7.18. The minimum atomic E-state index is 0.117. The fourth-order valence-corrected chi connectivity index (χ4v) is 3.61. The van der Waals surface area contributed by atoms with E-state index < -0.39 is 0 Å². The van der Waals surface area contributed by atoms with Crippen LogP contribution in [0.1, 0.15) is 43.6 Å². The first-order valence-corrected chi connectivity index (χ1v) is 7.18. The van der Waals surface area contributed by atoms with Crippen LogP contribution in [-0.2, 0) is 4.74 Å². The standard InChI is InChI=1S/C16H23NO/c1-17-12-15(14-8-4-2-5-9-14)16(18-13-17)10-6-3-7-11-16/h2,4-5,8-9,15H,3,6-7,10-13H2,1H3. The molecule has 3 rings (SSSR count). The number of rotatable bonds is 1. The van der Waals surface area contributed by atoms with E-state index in [9.17, 15) is 0 Å². The Hall–Kier alpha value is -0.860. The van der Waals surface area contributed by atoms with E-state index in [0.29, 0.717) is 5.92 Å². The SMILES string of the molecule is CN1COC2(CCCCC2)C(c2ccccc2)C1. The minimum Gasteiger partial charge on any atom is -0.359 e. The topological polar surface area (TPSA) is 12.5 Å². The fraction of sp³-hybridized carbons (Fsp3) is 0.625. The van der Waals surface area contributed by atoms with Crippen molar-refractivity contribution in [2.24, 2.45) is 0 Å². The van der Waals surface area contributed by atoms with E-state index in [0.717, 1.165) is 13.3 Å². The van der Waals surface area contributed by atoms with Crippen LogP contribution in [0.25, 0.3) is 0 Å². The van der Waals surface area contributed by atoms with Crippen LogP contribution in [0.2, 0.25) is 0 Å². The van der Waals surface area contributed by atoms with Crippen LogP contribution in [0.4, 0.5) is 0 Å². The Morgan fingerprint density at radius 2 is 1.83 bits per heavy atom. The lowest BCUT2D eigenvalue weighted by molar-refractivity contribution is -0.161. The zero-order valence-electron chi connectivity index (χ0n) is 11.3. The molecule has 1 saturated heterocycles. The smallest absolute Gasteiger partial charge is 0.0995 e. The second-order valence-electron chi connectivity index (χ2n) is 5.90. The number of benzene rings is 1. The monoisotopic (exact) mass is 245 g/mol. The van der Waals surface area contributed by atoms with Gasteiger partial charge in [0.1, 0.15) is 0 Å². The Morgan fingerprint density at radius 3 is 2.56 bits per heavy atom. The van der Waals surface area contributed by atoms with Crippen LogP contribution in [-0.4, -0.2) is 30.8 Å². The van der Waals surface area contributed by atoms with Gasteiger partial charge >= 0.3 is 0 Å². The summed E-state index contributed by atoms with van der Waals surface area (Å²) in [5.41, 5.74) is 1.57. The van der Waals surface area contributed by atoms with E-state index in [1.807, 2.05) is 0 Å². The molecule has 98 valence electrons. The van der Waals surface area contributed by atoms with Gasteiger partial charge in [-0.3, -0.25) is 4.90 Å². The second kappa shape index (κ2) is 5.02. The molecule has 0 aromatic heterocycles. The van der Waals surface area contributed by atoms with Crippen molar-refractivity contribution in [3.8, 4) is 0 Å². The van der Waals surface area contributed by atoms with E-state index in [-0.39, 0.29) is 5.60 Å². The van der Waals surface area contributed by atoms with Crippen molar-refractivity contribution in [3.05, 3.63) is 35.9 Å². The molecular weight excluding hydrogens is 222 g/mol. The average Bonchev–Trinajstić information content (AvgIpc) is 2.44. The number of ether oxygens (including phenoxy) is 1. The van der Waals surface area contributed by atoms with Crippen molar-refractivity contribution in [2.75, 3.05) is 20.3 Å². The number of nitrogens with zero attached hydrogens (tertiary/aromatic N) is 1. The molecule has 1 aromatic carbocycles. The molecule has 1 aliphatic carbocycles. The summed E-state index contributed by atoms with van der Waals surface area (Å²) in [5, 5.41) is 0. The Bertz CT molecular complexity index is 383. The molecule has 1 aliphatic heterocycles. The molecule has 1 aromatic rings. The van der Waals surface area contributed by atoms with Crippen molar-refractivity contribution in [1.29, 1.82) is 0 Å². The van der Waals surface area contributed by atoms with Gasteiger partial charge in [-0.05, 0) is 25.5 Å². The van der Waals surface area contributed by atoms with Crippen LogP contribution in [0.3, 0.4) is 0 Å². The third-order valence-electron chi connectivity index (χ3n) is 4.60. The number of likely N-dealkylation sites (N-methyl/N-ethyl adjacent to an activating group) is 1. The predicted octanol–water partition coefficient (Wildman–Crippen LogP) is 3.39. The molecule has 1 atom stereocenters. The number of hydrogen-bond donors (Lipinski definition) is 0. The largest absolute Gasteiger partial charge is 0.359 e. The maximum Gasteiger partial charge on any atom is 0.0995 e. The molecule has 1 spiro atoms.